The van der Waals surface area contributed by atoms with Crippen molar-refractivity contribution in [3.05, 3.63) is 58.8 Å². The summed E-state index contributed by atoms with van der Waals surface area (Å²) in [6.07, 6.45) is 10.0. The van der Waals surface area contributed by atoms with E-state index < -0.39 is 0 Å². The number of nitrogens with one attached hydrogen (secondary N) is 1. The maximum atomic E-state index is 12.4. The molecule has 1 fully saturated rings. The van der Waals surface area contributed by atoms with Crippen LogP contribution in [0.5, 0.6) is 5.75 Å². The molecular weight excluding hydrogens is 448 g/mol. The van der Waals surface area contributed by atoms with Crippen molar-refractivity contribution < 1.29 is 13.9 Å². The fraction of sp³-hybridized carbons (Fsp3) is 0.423. The van der Waals surface area contributed by atoms with E-state index in [-0.39, 0.29) is 17.7 Å². The van der Waals surface area contributed by atoms with E-state index in [0.29, 0.717) is 17.6 Å². The van der Waals surface area contributed by atoms with Crippen molar-refractivity contribution in [1.29, 1.82) is 0 Å². The van der Waals surface area contributed by atoms with Gasteiger partial charge < -0.3 is 14.5 Å². The predicted molar refractivity (Wildman–Crippen MR) is 136 cm³/mol. The van der Waals surface area contributed by atoms with Gasteiger partial charge in [-0.25, -0.2) is 9.97 Å². The highest BCUT2D eigenvalue weighted by Crippen LogP contribution is 2.25. The van der Waals surface area contributed by atoms with Crippen LogP contribution in [-0.4, -0.2) is 47.0 Å². The minimum atomic E-state index is -0.102. The predicted octanol–water partition coefficient (Wildman–Crippen LogP) is 5.25. The van der Waals surface area contributed by atoms with Crippen molar-refractivity contribution in [1.82, 2.24) is 14.9 Å². The molecule has 1 amide bonds. The Morgan fingerprint density at radius 1 is 1.15 bits per heavy atom. The SMILES string of the molecule is CC(C)(C)c1cnc(C=Cc2cnc(NC(=O)Cc3ccc(OCCN4CCCC4)cc3)s2)o1. The molecule has 0 saturated carbocycles. The standard InChI is InChI=1S/C26H32N4O3S/c1-26(2,3)22-18-27-24(33-22)11-10-21-17-28-25(34-21)29-23(31)16-19-6-8-20(9-7-19)32-15-14-30-12-4-5-13-30/h6-11,17-18H,4-5,12-16H2,1-3H3,(H,28,29,31). The van der Waals surface area contributed by atoms with Gasteiger partial charge in [0.25, 0.3) is 0 Å². The van der Waals surface area contributed by atoms with Crippen molar-refractivity contribution in [2.75, 3.05) is 31.6 Å². The molecule has 0 aliphatic carbocycles. The second-order valence-electron chi connectivity index (χ2n) is 9.48. The van der Waals surface area contributed by atoms with Crippen molar-refractivity contribution in [2.45, 2.75) is 45.4 Å². The number of hydrogen-bond donors (Lipinski definition) is 1. The van der Waals surface area contributed by atoms with E-state index in [9.17, 15) is 4.79 Å². The quantitative estimate of drug-likeness (QED) is 0.450. The summed E-state index contributed by atoms with van der Waals surface area (Å²) < 4.78 is 11.6. The van der Waals surface area contributed by atoms with E-state index in [1.54, 1.807) is 12.4 Å². The molecule has 1 saturated heterocycles. The number of likely N-dealkylation sites (tertiary alicyclic amines) is 1. The van der Waals surface area contributed by atoms with Crippen LogP contribution in [0.4, 0.5) is 5.13 Å². The normalized spacial score (nSPS) is 14.7. The van der Waals surface area contributed by atoms with Gasteiger partial charge in [0.1, 0.15) is 18.1 Å². The van der Waals surface area contributed by atoms with Crippen LogP contribution in [-0.2, 0) is 16.6 Å². The summed E-state index contributed by atoms with van der Waals surface area (Å²) in [6.45, 7) is 10.2. The van der Waals surface area contributed by atoms with E-state index in [1.807, 2.05) is 36.4 Å². The molecule has 2 aromatic heterocycles. The molecule has 0 radical (unpaired) electrons. The van der Waals surface area contributed by atoms with Gasteiger partial charge in [-0.3, -0.25) is 9.69 Å². The molecule has 3 heterocycles. The lowest BCUT2D eigenvalue weighted by Crippen LogP contribution is -2.25. The second-order valence-corrected chi connectivity index (χ2v) is 10.5. The third kappa shape index (κ3) is 7.01. The number of carbonyl (C=O) groups is 1. The molecule has 1 N–H and O–H groups in total. The maximum Gasteiger partial charge on any atom is 0.230 e. The van der Waals surface area contributed by atoms with Crippen LogP contribution in [0, 0.1) is 0 Å². The summed E-state index contributed by atoms with van der Waals surface area (Å²) in [7, 11) is 0. The molecule has 180 valence electrons. The van der Waals surface area contributed by atoms with Gasteiger partial charge >= 0.3 is 0 Å². The summed E-state index contributed by atoms with van der Waals surface area (Å²) >= 11 is 1.40. The molecule has 1 aromatic carbocycles. The van der Waals surface area contributed by atoms with E-state index in [2.05, 4.69) is 41.0 Å². The largest absolute Gasteiger partial charge is 0.492 e. The molecule has 8 heteroatoms. The minimum absolute atomic E-state index is 0.0817. The summed E-state index contributed by atoms with van der Waals surface area (Å²) in [4.78, 5) is 24.4. The number of rotatable bonds is 9. The number of thiazole rings is 1. The Bertz CT molecular complexity index is 1110. The van der Waals surface area contributed by atoms with Crippen molar-refractivity contribution in [3.63, 3.8) is 0 Å². The fourth-order valence-corrected chi connectivity index (χ4v) is 4.37. The smallest absolute Gasteiger partial charge is 0.230 e. The van der Waals surface area contributed by atoms with Gasteiger partial charge in [-0.15, -0.1) is 0 Å². The number of anilines is 1. The first kappa shape index (κ1) is 24.2. The Labute approximate surface area is 204 Å². The van der Waals surface area contributed by atoms with Gasteiger partial charge in [0.15, 0.2) is 5.13 Å². The second kappa shape index (κ2) is 11.0. The third-order valence-corrected chi connectivity index (χ3v) is 6.46. The van der Waals surface area contributed by atoms with Crippen LogP contribution >= 0.6 is 11.3 Å². The molecule has 0 spiro atoms. The third-order valence-electron chi connectivity index (χ3n) is 5.59. The topological polar surface area (TPSA) is 80.5 Å². The van der Waals surface area contributed by atoms with E-state index in [0.717, 1.165) is 28.5 Å². The van der Waals surface area contributed by atoms with E-state index in [1.165, 1.54) is 37.3 Å². The summed E-state index contributed by atoms with van der Waals surface area (Å²) in [6, 6.07) is 7.71. The number of nitrogens with zero attached hydrogens (tertiary/aromatic N) is 3. The molecule has 34 heavy (non-hydrogen) atoms. The Balaban J connectivity index is 1.23. The highest BCUT2D eigenvalue weighted by molar-refractivity contribution is 7.16. The summed E-state index contributed by atoms with van der Waals surface area (Å²) in [5, 5.41) is 3.44. The van der Waals surface area contributed by atoms with Crippen molar-refractivity contribution in [2.24, 2.45) is 0 Å². The van der Waals surface area contributed by atoms with Crippen LogP contribution in [0.1, 0.15) is 55.7 Å². The number of aromatic nitrogens is 2. The minimum Gasteiger partial charge on any atom is -0.492 e. The molecule has 3 aromatic rings. The lowest BCUT2D eigenvalue weighted by molar-refractivity contribution is -0.115. The number of hydrogen-bond acceptors (Lipinski definition) is 7. The number of oxazole rings is 1. The zero-order chi connectivity index (χ0) is 24.0. The van der Waals surface area contributed by atoms with Crippen molar-refractivity contribution in [3.8, 4) is 5.75 Å². The molecule has 1 aliphatic rings. The molecule has 7 nitrogen and oxygen atoms in total. The maximum absolute atomic E-state index is 12.4. The Kier molecular flexibility index (Phi) is 7.80. The first-order chi connectivity index (χ1) is 16.3. The number of benzene rings is 1. The zero-order valence-corrected chi connectivity index (χ0v) is 20.9. The number of carbonyl (C=O) groups excluding carboxylic acids is 1. The van der Waals surface area contributed by atoms with Crippen LogP contribution < -0.4 is 10.1 Å². The summed E-state index contributed by atoms with van der Waals surface area (Å²) in [5.41, 5.74) is 0.849. The molecular formula is C26H32N4O3S. The molecule has 1 aliphatic heterocycles. The van der Waals surface area contributed by atoms with Gasteiger partial charge in [0, 0.05) is 29.1 Å². The number of ether oxygens (including phenoxy) is 1. The molecule has 0 unspecified atom stereocenters. The zero-order valence-electron chi connectivity index (χ0n) is 20.0. The van der Waals surface area contributed by atoms with E-state index >= 15 is 0 Å². The highest BCUT2D eigenvalue weighted by atomic mass is 32.1. The molecule has 0 bridgehead atoms. The highest BCUT2D eigenvalue weighted by Gasteiger charge is 2.18. The van der Waals surface area contributed by atoms with E-state index in [4.69, 9.17) is 9.15 Å². The fourth-order valence-electron chi connectivity index (χ4n) is 3.64. The lowest BCUT2D eigenvalue weighted by Gasteiger charge is -2.15. The monoisotopic (exact) mass is 480 g/mol. The lowest BCUT2D eigenvalue weighted by atomic mass is 9.94. The average Bonchev–Trinajstić information content (AvgIpc) is 3.55. The Morgan fingerprint density at radius 3 is 2.62 bits per heavy atom. The van der Waals surface area contributed by atoms with Gasteiger partial charge in [-0.1, -0.05) is 44.2 Å². The first-order valence-electron chi connectivity index (χ1n) is 11.7. The van der Waals surface area contributed by atoms with Gasteiger partial charge in [-0.05, 0) is 49.7 Å². The van der Waals surface area contributed by atoms with Crippen molar-refractivity contribution >= 4 is 34.5 Å². The van der Waals surface area contributed by atoms with Gasteiger partial charge in [-0.2, -0.15) is 0 Å². The van der Waals surface area contributed by atoms with Crippen LogP contribution in [0.2, 0.25) is 0 Å². The average molecular weight is 481 g/mol. The van der Waals surface area contributed by atoms with Crippen LogP contribution in [0.25, 0.3) is 12.2 Å². The first-order valence-corrected chi connectivity index (χ1v) is 12.5. The van der Waals surface area contributed by atoms with Crippen LogP contribution in [0.3, 0.4) is 0 Å². The Morgan fingerprint density at radius 2 is 1.91 bits per heavy atom. The Hall–Kier alpha value is -2.97. The van der Waals surface area contributed by atoms with Gasteiger partial charge in [0.2, 0.25) is 11.8 Å². The summed E-state index contributed by atoms with van der Waals surface area (Å²) in [5.74, 6) is 2.12. The molecule has 0 atom stereocenters. The molecule has 4 rings (SSSR count). The van der Waals surface area contributed by atoms with Crippen LogP contribution in [0.15, 0.2) is 41.1 Å². The number of amides is 1. The van der Waals surface area contributed by atoms with Gasteiger partial charge in [0.05, 0.1) is 12.6 Å².